The molecule has 1 aromatic carbocycles. The van der Waals surface area contributed by atoms with Gasteiger partial charge in [-0.1, -0.05) is 0 Å². The first-order valence-electron chi connectivity index (χ1n) is 5.83. The molecule has 0 saturated heterocycles. The number of nitrogens with zero attached hydrogens (tertiary/aromatic N) is 1. The Labute approximate surface area is 125 Å². The molecule has 0 atom stereocenters. The maximum atomic E-state index is 13.8. The van der Waals surface area contributed by atoms with Gasteiger partial charge in [0.1, 0.15) is 11.5 Å². The van der Waals surface area contributed by atoms with Gasteiger partial charge >= 0.3 is 0 Å². The zero-order valence-electron chi connectivity index (χ0n) is 10.3. The molecular formula is C14H7BrF2N2O2. The fourth-order valence-electron chi connectivity index (χ4n) is 2.05. The van der Waals surface area contributed by atoms with E-state index in [2.05, 4.69) is 25.9 Å². The van der Waals surface area contributed by atoms with Gasteiger partial charge in [0.15, 0.2) is 11.6 Å². The highest BCUT2D eigenvalue weighted by Gasteiger charge is 2.24. The van der Waals surface area contributed by atoms with Crippen LogP contribution in [0, 0.1) is 11.6 Å². The topological polar surface area (TPSA) is 66.0 Å². The largest absolute Gasteiger partial charge is 0.505 e. The minimum absolute atomic E-state index is 0.0715. The molecular weight excluding hydrogens is 346 g/mol. The van der Waals surface area contributed by atoms with E-state index in [1.54, 1.807) is 6.07 Å². The number of halogens is 3. The molecule has 106 valence electrons. The average molecular weight is 353 g/mol. The number of benzene rings is 1. The van der Waals surface area contributed by atoms with Crippen LogP contribution in [0.5, 0.6) is 5.75 Å². The molecule has 0 bridgehead atoms. The van der Waals surface area contributed by atoms with Crippen molar-refractivity contribution >= 4 is 32.7 Å². The first-order valence-corrected chi connectivity index (χ1v) is 6.62. The van der Waals surface area contributed by atoms with Crippen molar-refractivity contribution in [2.24, 2.45) is 0 Å². The van der Waals surface area contributed by atoms with Crippen LogP contribution in [-0.2, 0) is 0 Å². The summed E-state index contributed by atoms with van der Waals surface area (Å²) < 4.78 is 28.2. The van der Waals surface area contributed by atoms with Crippen LogP contribution in [0.1, 0.15) is 15.9 Å². The summed E-state index contributed by atoms with van der Waals surface area (Å²) in [7, 11) is 0. The summed E-state index contributed by atoms with van der Waals surface area (Å²) in [6.07, 6.45) is 2.86. The highest BCUT2D eigenvalue weighted by Crippen LogP contribution is 2.28. The van der Waals surface area contributed by atoms with Gasteiger partial charge in [0.05, 0.1) is 5.56 Å². The number of phenols is 1. The van der Waals surface area contributed by atoms with E-state index in [0.717, 1.165) is 12.1 Å². The minimum atomic E-state index is -1.28. The molecule has 4 nitrogen and oxygen atoms in total. The van der Waals surface area contributed by atoms with Gasteiger partial charge in [-0.3, -0.25) is 4.79 Å². The molecule has 3 rings (SSSR count). The average Bonchev–Trinajstić information content (AvgIpc) is 2.86. The van der Waals surface area contributed by atoms with Crippen molar-refractivity contribution in [3.05, 3.63) is 57.8 Å². The lowest BCUT2D eigenvalue weighted by molar-refractivity contribution is 0.103. The Morgan fingerprint density at radius 3 is 2.86 bits per heavy atom. The van der Waals surface area contributed by atoms with Crippen molar-refractivity contribution in [2.45, 2.75) is 0 Å². The van der Waals surface area contributed by atoms with Crippen LogP contribution in [0.3, 0.4) is 0 Å². The first kappa shape index (κ1) is 13.7. The number of aromatic hydroxyl groups is 1. The molecule has 0 saturated carbocycles. The highest BCUT2D eigenvalue weighted by molar-refractivity contribution is 9.10. The molecule has 0 radical (unpaired) electrons. The standard InChI is InChI=1S/C14H7BrF2N2O2/c15-6-3-7-8(5-19-14(7)18-4-6)13(21)11-9(16)1-2-10(20)12(11)17/h1-5,20H,(H,18,19). The second-order valence-corrected chi connectivity index (χ2v) is 5.25. The van der Waals surface area contributed by atoms with E-state index < -0.39 is 28.7 Å². The summed E-state index contributed by atoms with van der Waals surface area (Å²) in [4.78, 5) is 19.2. The molecule has 0 aliphatic carbocycles. The van der Waals surface area contributed by atoms with Crippen molar-refractivity contribution in [3.63, 3.8) is 0 Å². The first-order chi connectivity index (χ1) is 9.99. The molecule has 7 heteroatoms. The highest BCUT2D eigenvalue weighted by atomic mass is 79.9. The molecule has 2 N–H and O–H groups in total. The van der Waals surface area contributed by atoms with E-state index in [1.807, 2.05) is 0 Å². The molecule has 0 aliphatic heterocycles. The van der Waals surface area contributed by atoms with Crippen molar-refractivity contribution in [2.75, 3.05) is 0 Å². The number of hydrogen-bond acceptors (Lipinski definition) is 3. The molecule has 0 fully saturated rings. The van der Waals surface area contributed by atoms with Crippen LogP contribution in [0.2, 0.25) is 0 Å². The van der Waals surface area contributed by atoms with Crippen molar-refractivity contribution < 1.29 is 18.7 Å². The van der Waals surface area contributed by atoms with E-state index in [0.29, 0.717) is 15.5 Å². The van der Waals surface area contributed by atoms with Crippen LogP contribution in [0.25, 0.3) is 11.0 Å². The van der Waals surface area contributed by atoms with Gasteiger partial charge < -0.3 is 10.1 Å². The molecule has 21 heavy (non-hydrogen) atoms. The predicted octanol–water partition coefficient (Wildman–Crippen LogP) is 3.54. The zero-order chi connectivity index (χ0) is 15.1. The number of aromatic amines is 1. The smallest absolute Gasteiger partial charge is 0.201 e. The van der Waals surface area contributed by atoms with Gasteiger partial charge in [-0.15, -0.1) is 0 Å². The maximum absolute atomic E-state index is 13.8. The van der Waals surface area contributed by atoms with Crippen LogP contribution in [0.4, 0.5) is 8.78 Å². The Bertz CT molecular complexity index is 877. The summed E-state index contributed by atoms with van der Waals surface area (Å²) in [5.74, 6) is -3.96. The van der Waals surface area contributed by atoms with Gasteiger partial charge in [0.2, 0.25) is 5.78 Å². The van der Waals surface area contributed by atoms with Gasteiger partial charge in [-0.25, -0.2) is 13.8 Å². The second-order valence-electron chi connectivity index (χ2n) is 4.34. The molecule has 0 spiro atoms. The molecule has 0 amide bonds. The fraction of sp³-hybridized carbons (Fsp3) is 0. The number of pyridine rings is 1. The summed E-state index contributed by atoms with van der Waals surface area (Å²) >= 11 is 3.22. The van der Waals surface area contributed by atoms with Gasteiger partial charge in [0, 0.05) is 27.8 Å². The maximum Gasteiger partial charge on any atom is 0.201 e. The third kappa shape index (κ3) is 2.19. The number of fused-ring (bicyclic) bond motifs is 1. The van der Waals surface area contributed by atoms with Gasteiger partial charge in [-0.05, 0) is 34.1 Å². The molecule has 0 unspecified atom stereocenters. The molecule has 0 aliphatic rings. The van der Waals surface area contributed by atoms with Gasteiger partial charge in [0.25, 0.3) is 0 Å². The molecule has 2 heterocycles. The van der Waals surface area contributed by atoms with E-state index in [9.17, 15) is 18.7 Å². The number of ketones is 1. The lowest BCUT2D eigenvalue weighted by Gasteiger charge is -2.05. The summed E-state index contributed by atoms with van der Waals surface area (Å²) in [5.41, 5.74) is -0.305. The number of nitrogens with one attached hydrogen (secondary N) is 1. The Morgan fingerprint density at radius 1 is 1.33 bits per heavy atom. The third-order valence-corrected chi connectivity index (χ3v) is 3.47. The number of hydrogen-bond donors (Lipinski definition) is 2. The summed E-state index contributed by atoms with van der Waals surface area (Å²) in [6.45, 7) is 0. The number of carbonyl (C=O) groups is 1. The number of H-pyrrole nitrogens is 1. The van der Waals surface area contributed by atoms with E-state index in [4.69, 9.17) is 0 Å². The predicted molar refractivity (Wildman–Crippen MR) is 75.2 cm³/mol. The van der Waals surface area contributed by atoms with Crippen molar-refractivity contribution in [1.29, 1.82) is 0 Å². The second kappa shape index (κ2) is 4.92. The SMILES string of the molecule is O=C(c1c(F)ccc(O)c1F)c1c[nH]c2ncc(Br)cc12. The van der Waals surface area contributed by atoms with Crippen LogP contribution < -0.4 is 0 Å². The van der Waals surface area contributed by atoms with E-state index >= 15 is 0 Å². The number of carbonyl (C=O) groups excluding carboxylic acids is 1. The summed E-state index contributed by atoms with van der Waals surface area (Å²) in [6, 6.07) is 3.31. The van der Waals surface area contributed by atoms with Crippen LogP contribution in [0.15, 0.2) is 35.1 Å². The van der Waals surface area contributed by atoms with Crippen LogP contribution >= 0.6 is 15.9 Å². The quantitative estimate of drug-likeness (QED) is 0.693. The van der Waals surface area contributed by atoms with Gasteiger partial charge in [-0.2, -0.15) is 0 Å². The van der Waals surface area contributed by atoms with Crippen LogP contribution in [-0.4, -0.2) is 20.9 Å². The number of aromatic nitrogens is 2. The Hall–Kier alpha value is -2.28. The number of phenolic OH excluding ortho intramolecular Hbond substituents is 1. The Balaban J connectivity index is 2.22. The molecule has 2 aromatic heterocycles. The number of rotatable bonds is 2. The van der Waals surface area contributed by atoms with Crippen molar-refractivity contribution in [1.82, 2.24) is 9.97 Å². The zero-order valence-corrected chi connectivity index (χ0v) is 11.9. The lowest BCUT2D eigenvalue weighted by Crippen LogP contribution is -2.07. The third-order valence-electron chi connectivity index (χ3n) is 3.04. The fourth-order valence-corrected chi connectivity index (χ4v) is 2.38. The normalized spacial score (nSPS) is 11.0. The lowest BCUT2D eigenvalue weighted by atomic mass is 10.0. The van der Waals surface area contributed by atoms with Crippen molar-refractivity contribution in [3.8, 4) is 5.75 Å². The minimum Gasteiger partial charge on any atom is -0.505 e. The molecule has 3 aromatic rings. The Kier molecular flexibility index (Phi) is 3.21. The van der Waals surface area contributed by atoms with E-state index in [1.165, 1.54) is 12.4 Å². The Morgan fingerprint density at radius 2 is 2.10 bits per heavy atom. The monoisotopic (exact) mass is 352 g/mol. The van der Waals surface area contributed by atoms with E-state index in [-0.39, 0.29) is 5.56 Å². The summed E-state index contributed by atoms with van der Waals surface area (Å²) in [5, 5.41) is 9.73.